The van der Waals surface area contributed by atoms with E-state index < -0.39 is 0 Å². The minimum absolute atomic E-state index is 0.237. The van der Waals surface area contributed by atoms with Gasteiger partial charge in [-0.2, -0.15) is 5.26 Å². The third-order valence-corrected chi connectivity index (χ3v) is 3.04. The number of nitriles is 1. The summed E-state index contributed by atoms with van der Waals surface area (Å²) < 4.78 is 5.83. The van der Waals surface area contributed by atoms with Gasteiger partial charge in [0.2, 0.25) is 0 Å². The highest BCUT2D eigenvalue weighted by Gasteiger charge is 2.10. The van der Waals surface area contributed by atoms with Crippen molar-refractivity contribution in [2.45, 2.75) is 13.5 Å². The molecule has 0 heterocycles. The quantitative estimate of drug-likeness (QED) is 0.622. The summed E-state index contributed by atoms with van der Waals surface area (Å²) in [5, 5.41) is 12.9. The number of hydrogen-bond acceptors (Lipinski definition) is 4. The van der Waals surface area contributed by atoms with Crippen LogP contribution in [-0.4, -0.2) is 12.8 Å². The Hall–Kier alpha value is -2.80. The van der Waals surface area contributed by atoms with E-state index in [4.69, 9.17) is 14.8 Å². The van der Waals surface area contributed by atoms with Crippen LogP contribution in [0.25, 0.3) is 0 Å². The molecule has 0 radical (unpaired) electrons. The van der Waals surface area contributed by atoms with Crippen LogP contribution in [0.15, 0.2) is 53.7 Å². The number of hydrogen-bond donors (Lipinski definition) is 0. The van der Waals surface area contributed by atoms with Crippen LogP contribution in [0.2, 0.25) is 0 Å². The molecule has 21 heavy (non-hydrogen) atoms. The van der Waals surface area contributed by atoms with Gasteiger partial charge in [-0.25, -0.2) is 0 Å². The first-order chi connectivity index (χ1) is 10.3. The highest BCUT2D eigenvalue weighted by atomic mass is 16.6. The molecule has 0 atom stereocenters. The fourth-order valence-corrected chi connectivity index (χ4v) is 1.97. The van der Waals surface area contributed by atoms with Gasteiger partial charge in [0, 0.05) is 5.56 Å². The molecule has 0 unspecified atom stereocenters. The van der Waals surface area contributed by atoms with Crippen molar-refractivity contribution in [1.29, 1.82) is 5.26 Å². The van der Waals surface area contributed by atoms with E-state index in [9.17, 15) is 0 Å². The molecule has 2 aromatic rings. The molecule has 106 valence electrons. The lowest BCUT2D eigenvalue weighted by atomic mass is 10.0. The van der Waals surface area contributed by atoms with Crippen LogP contribution in [0.4, 0.5) is 0 Å². The number of oxime groups is 1. The molecule has 0 saturated carbocycles. The fourth-order valence-electron chi connectivity index (χ4n) is 1.97. The van der Waals surface area contributed by atoms with Gasteiger partial charge in [-0.05, 0) is 24.1 Å². The van der Waals surface area contributed by atoms with Gasteiger partial charge in [-0.3, -0.25) is 0 Å². The Kier molecular flexibility index (Phi) is 4.94. The summed E-state index contributed by atoms with van der Waals surface area (Å²) in [6, 6.07) is 17.4. The zero-order chi connectivity index (χ0) is 15.1. The molecule has 0 aliphatic heterocycles. The first-order valence-electron chi connectivity index (χ1n) is 6.54. The fraction of sp³-hybridized carbons (Fsp3) is 0.176. The molecule has 0 amide bonds. The maximum absolute atomic E-state index is 9.16. The summed E-state index contributed by atoms with van der Waals surface area (Å²) in [4.78, 5) is 4.71. The molecule has 0 aliphatic rings. The van der Waals surface area contributed by atoms with E-state index in [0.29, 0.717) is 6.61 Å². The van der Waals surface area contributed by atoms with E-state index in [1.165, 1.54) is 7.11 Å². The Morgan fingerprint density at radius 3 is 2.57 bits per heavy atom. The number of rotatable bonds is 5. The van der Waals surface area contributed by atoms with E-state index in [-0.39, 0.29) is 5.71 Å². The predicted octanol–water partition coefficient (Wildman–Crippen LogP) is 3.45. The Morgan fingerprint density at radius 2 is 1.86 bits per heavy atom. The number of aryl methyl sites for hydroxylation is 1. The van der Waals surface area contributed by atoms with Gasteiger partial charge in [0.15, 0.2) is 5.71 Å². The molecular formula is C17H16N2O2. The molecule has 0 spiro atoms. The summed E-state index contributed by atoms with van der Waals surface area (Å²) in [6.07, 6.45) is 0. The van der Waals surface area contributed by atoms with Gasteiger partial charge in [0.25, 0.3) is 0 Å². The van der Waals surface area contributed by atoms with Crippen LogP contribution < -0.4 is 4.74 Å². The van der Waals surface area contributed by atoms with Gasteiger partial charge in [-0.15, -0.1) is 0 Å². The molecule has 0 fully saturated rings. The van der Waals surface area contributed by atoms with Gasteiger partial charge < -0.3 is 9.57 Å². The SMILES string of the molecule is CON=C(C#N)c1ccccc1COc1ccccc1C. The maximum atomic E-state index is 9.16. The van der Waals surface area contributed by atoms with Crippen molar-refractivity contribution in [3.8, 4) is 11.8 Å². The third kappa shape index (κ3) is 3.61. The van der Waals surface area contributed by atoms with Crippen LogP contribution in [0.3, 0.4) is 0 Å². The molecule has 0 saturated heterocycles. The second-order valence-corrected chi connectivity index (χ2v) is 4.45. The van der Waals surface area contributed by atoms with Gasteiger partial charge in [-0.1, -0.05) is 47.6 Å². The van der Waals surface area contributed by atoms with E-state index in [0.717, 1.165) is 22.4 Å². The highest BCUT2D eigenvalue weighted by Crippen LogP contribution is 2.19. The lowest BCUT2D eigenvalue weighted by Crippen LogP contribution is -2.06. The molecule has 0 aliphatic carbocycles. The smallest absolute Gasteiger partial charge is 0.187 e. The molecule has 4 nitrogen and oxygen atoms in total. The van der Waals surface area contributed by atoms with Crippen LogP contribution in [0.1, 0.15) is 16.7 Å². The van der Waals surface area contributed by atoms with E-state index >= 15 is 0 Å². The molecule has 0 bridgehead atoms. The summed E-state index contributed by atoms with van der Waals surface area (Å²) in [5.74, 6) is 0.828. The molecule has 0 N–H and O–H groups in total. The highest BCUT2D eigenvalue weighted by molar-refractivity contribution is 6.12. The van der Waals surface area contributed by atoms with E-state index in [2.05, 4.69) is 5.16 Å². The average Bonchev–Trinajstić information content (AvgIpc) is 2.52. The Bertz CT molecular complexity index is 687. The Morgan fingerprint density at radius 1 is 1.14 bits per heavy atom. The summed E-state index contributed by atoms with van der Waals surface area (Å²) >= 11 is 0. The number of benzene rings is 2. The number of para-hydroxylation sites is 1. The largest absolute Gasteiger partial charge is 0.489 e. The summed E-state index contributed by atoms with van der Waals surface area (Å²) in [5.41, 5.74) is 2.91. The van der Waals surface area contributed by atoms with E-state index in [1.807, 2.05) is 61.5 Å². The van der Waals surface area contributed by atoms with Crippen molar-refractivity contribution in [2.75, 3.05) is 7.11 Å². The number of ether oxygens (including phenoxy) is 1. The number of nitrogens with zero attached hydrogens (tertiary/aromatic N) is 2. The molecule has 4 heteroatoms. The first kappa shape index (κ1) is 14.6. The minimum Gasteiger partial charge on any atom is -0.489 e. The lowest BCUT2D eigenvalue weighted by molar-refractivity contribution is 0.214. The van der Waals surface area contributed by atoms with E-state index in [1.54, 1.807) is 0 Å². The third-order valence-electron chi connectivity index (χ3n) is 3.04. The second kappa shape index (κ2) is 7.11. The average molecular weight is 280 g/mol. The summed E-state index contributed by atoms with van der Waals surface area (Å²) in [7, 11) is 1.42. The van der Waals surface area contributed by atoms with Gasteiger partial charge in [0.1, 0.15) is 25.5 Å². The van der Waals surface area contributed by atoms with Crippen molar-refractivity contribution >= 4 is 5.71 Å². The van der Waals surface area contributed by atoms with Crippen molar-refractivity contribution < 1.29 is 9.57 Å². The topological polar surface area (TPSA) is 54.6 Å². The van der Waals surface area contributed by atoms with Gasteiger partial charge in [0.05, 0.1) is 0 Å². The second-order valence-electron chi connectivity index (χ2n) is 4.45. The molecular weight excluding hydrogens is 264 g/mol. The predicted molar refractivity (Wildman–Crippen MR) is 81.1 cm³/mol. The standard InChI is InChI=1S/C17H16N2O2/c1-13-7-3-6-10-17(13)21-12-14-8-4-5-9-15(14)16(11-18)19-20-2/h3-10H,12H2,1-2H3. The monoisotopic (exact) mass is 280 g/mol. The molecule has 2 aromatic carbocycles. The van der Waals surface area contributed by atoms with Crippen molar-refractivity contribution in [3.05, 3.63) is 65.2 Å². The molecule has 2 rings (SSSR count). The Labute approximate surface area is 124 Å². The lowest BCUT2D eigenvalue weighted by Gasteiger charge is -2.11. The van der Waals surface area contributed by atoms with Crippen LogP contribution >= 0.6 is 0 Å². The van der Waals surface area contributed by atoms with Crippen molar-refractivity contribution in [3.63, 3.8) is 0 Å². The zero-order valence-electron chi connectivity index (χ0n) is 12.0. The maximum Gasteiger partial charge on any atom is 0.187 e. The zero-order valence-corrected chi connectivity index (χ0v) is 12.0. The van der Waals surface area contributed by atoms with Crippen molar-refractivity contribution in [2.24, 2.45) is 5.16 Å². The van der Waals surface area contributed by atoms with Crippen LogP contribution in [0.5, 0.6) is 5.75 Å². The van der Waals surface area contributed by atoms with Crippen LogP contribution in [-0.2, 0) is 11.4 Å². The summed E-state index contributed by atoms with van der Waals surface area (Å²) in [6.45, 7) is 2.36. The Balaban J connectivity index is 2.24. The normalized spacial score (nSPS) is 10.8. The van der Waals surface area contributed by atoms with Crippen LogP contribution in [0, 0.1) is 18.3 Å². The van der Waals surface area contributed by atoms with Crippen molar-refractivity contribution in [1.82, 2.24) is 0 Å². The van der Waals surface area contributed by atoms with Gasteiger partial charge >= 0.3 is 0 Å². The molecule has 0 aromatic heterocycles. The first-order valence-corrected chi connectivity index (χ1v) is 6.54. The minimum atomic E-state index is 0.237.